The van der Waals surface area contributed by atoms with Gasteiger partial charge in [0.25, 0.3) is 11.5 Å². The van der Waals surface area contributed by atoms with Gasteiger partial charge in [-0.2, -0.15) is 5.10 Å². The van der Waals surface area contributed by atoms with Gasteiger partial charge < -0.3 is 15.6 Å². The third kappa shape index (κ3) is 3.51. The molecule has 8 heteroatoms. The molecule has 2 aromatic carbocycles. The van der Waals surface area contributed by atoms with Crippen molar-refractivity contribution in [1.29, 1.82) is 0 Å². The zero-order valence-corrected chi connectivity index (χ0v) is 16.6. The van der Waals surface area contributed by atoms with E-state index in [1.54, 1.807) is 36.3 Å². The summed E-state index contributed by atoms with van der Waals surface area (Å²) in [6.45, 7) is 0. The maximum Gasteiger partial charge on any atom is 0.276 e. The summed E-state index contributed by atoms with van der Waals surface area (Å²) in [5.41, 5.74) is 3.03. The van der Waals surface area contributed by atoms with Crippen molar-refractivity contribution in [2.75, 3.05) is 10.6 Å². The van der Waals surface area contributed by atoms with Crippen LogP contribution in [0.1, 0.15) is 10.5 Å². The molecule has 0 unspecified atom stereocenters. The van der Waals surface area contributed by atoms with Crippen molar-refractivity contribution >= 4 is 44.8 Å². The molecule has 0 aliphatic heterocycles. The first-order chi connectivity index (χ1) is 15.1. The summed E-state index contributed by atoms with van der Waals surface area (Å²) in [6, 6.07) is 18.3. The Hall–Kier alpha value is -4.46. The second-order valence-electron chi connectivity index (χ2n) is 7.11. The quantitative estimate of drug-likeness (QED) is 0.391. The molecule has 5 rings (SSSR count). The second-order valence-corrected chi connectivity index (χ2v) is 7.11. The topological polar surface area (TPSA) is 105 Å². The van der Waals surface area contributed by atoms with Crippen molar-refractivity contribution in [1.82, 2.24) is 19.7 Å². The number of aromatic amines is 1. The first-order valence-corrected chi connectivity index (χ1v) is 9.66. The molecule has 3 aromatic heterocycles. The first-order valence-electron chi connectivity index (χ1n) is 9.66. The van der Waals surface area contributed by atoms with Gasteiger partial charge in [-0.1, -0.05) is 18.2 Å². The summed E-state index contributed by atoms with van der Waals surface area (Å²) in [5, 5.41) is 12.6. The van der Waals surface area contributed by atoms with Crippen LogP contribution in [0.4, 0.5) is 17.1 Å². The minimum Gasteiger partial charge on any atom is -0.355 e. The zero-order chi connectivity index (χ0) is 21.4. The average molecular weight is 410 g/mol. The van der Waals surface area contributed by atoms with Gasteiger partial charge in [0.15, 0.2) is 5.69 Å². The maximum atomic E-state index is 12.3. The zero-order valence-electron chi connectivity index (χ0n) is 16.6. The fraction of sp³-hybridized carbons (Fsp3) is 0.0435. The van der Waals surface area contributed by atoms with Gasteiger partial charge in [-0.25, -0.2) is 4.98 Å². The number of amides is 1. The van der Waals surface area contributed by atoms with Crippen molar-refractivity contribution in [2.45, 2.75) is 0 Å². The highest BCUT2D eigenvalue weighted by molar-refractivity contribution is 6.11. The van der Waals surface area contributed by atoms with E-state index in [0.717, 1.165) is 22.1 Å². The van der Waals surface area contributed by atoms with Crippen molar-refractivity contribution in [3.63, 3.8) is 0 Å². The summed E-state index contributed by atoms with van der Waals surface area (Å²) < 4.78 is 1.58. The van der Waals surface area contributed by atoms with E-state index in [-0.39, 0.29) is 11.5 Å². The van der Waals surface area contributed by atoms with Crippen LogP contribution in [0, 0.1) is 0 Å². The van der Waals surface area contributed by atoms with Gasteiger partial charge in [-0.15, -0.1) is 0 Å². The molecule has 0 aliphatic carbocycles. The number of carbonyl (C=O) groups is 1. The van der Waals surface area contributed by atoms with E-state index < -0.39 is 0 Å². The van der Waals surface area contributed by atoms with Gasteiger partial charge in [-0.05, 0) is 42.5 Å². The van der Waals surface area contributed by atoms with Crippen LogP contribution in [0.5, 0.6) is 0 Å². The Morgan fingerprint density at radius 1 is 0.968 bits per heavy atom. The van der Waals surface area contributed by atoms with E-state index in [1.807, 2.05) is 48.5 Å². The molecule has 5 aromatic rings. The fourth-order valence-electron chi connectivity index (χ4n) is 3.53. The van der Waals surface area contributed by atoms with Crippen LogP contribution in [0.2, 0.25) is 0 Å². The predicted molar refractivity (Wildman–Crippen MR) is 121 cm³/mol. The standard InChI is InChI=1S/C23H18N6O2/c1-29-13-11-19(28-29)23(31)26-15-8-6-14(7-9-15)25-18-10-12-24-21-20(18)16-4-2-3-5-17(16)22(30)27-21/h2-13H,1H3,(H,26,31)(H2,24,25,27,30). The van der Waals surface area contributed by atoms with Crippen molar-refractivity contribution in [2.24, 2.45) is 7.05 Å². The molecule has 0 bridgehead atoms. The van der Waals surface area contributed by atoms with Gasteiger partial charge in [0, 0.05) is 47.0 Å². The highest BCUT2D eigenvalue weighted by atomic mass is 16.2. The smallest absolute Gasteiger partial charge is 0.276 e. The summed E-state index contributed by atoms with van der Waals surface area (Å²) in [4.78, 5) is 31.8. The SMILES string of the molecule is Cn1ccc(C(=O)Nc2ccc(Nc3ccnc4[nH]c(=O)c5ccccc5c34)cc2)n1. The Kier molecular flexibility index (Phi) is 4.44. The molecule has 1 amide bonds. The monoisotopic (exact) mass is 410 g/mol. The molecule has 0 radical (unpaired) electrons. The number of benzene rings is 2. The van der Waals surface area contributed by atoms with Crippen LogP contribution in [0.3, 0.4) is 0 Å². The fourth-order valence-corrected chi connectivity index (χ4v) is 3.53. The molecule has 31 heavy (non-hydrogen) atoms. The molecular weight excluding hydrogens is 392 g/mol. The lowest BCUT2D eigenvalue weighted by Gasteiger charge is -2.12. The molecule has 0 spiro atoms. The Morgan fingerprint density at radius 2 is 1.71 bits per heavy atom. The number of hydrogen-bond acceptors (Lipinski definition) is 5. The highest BCUT2D eigenvalue weighted by Gasteiger charge is 2.11. The first kappa shape index (κ1) is 18.6. The van der Waals surface area contributed by atoms with E-state index in [2.05, 4.69) is 25.7 Å². The molecule has 152 valence electrons. The van der Waals surface area contributed by atoms with E-state index in [0.29, 0.717) is 22.4 Å². The Balaban J connectivity index is 1.44. The van der Waals surface area contributed by atoms with E-state index in [9.17, 15) is 9.59 Å². The summed E-state index contributed by atoms with van der Waals surface area (Å²) in [5.74, 6) is -0.267. The number of aromatic nitrogens is 4. The number of anilines is 3. The van der Waals surface area contributed by atoms with Gasteiger partial charge in [0.05, 0.1) is 5.69 Å². The lowest BCUT2D eigenvalue weighted by molar-refractivity contribution is 0.102. The van der Waals surface area contributed by atoms with Crippen LogP contribution in [-0.2, 0) is 7.05 Å². The van der Waals surface area contributed by atoms with Crippen molar-refractivity contribution in [3.05, 3.63) is 89.1 Å². The number of nitrogens with zero attached hydrogens (tertiary/aromatic N) is 3. The Labute approximate surface area is 176 Å². The molecule has 0 saturated carbocycles. The highest BCUT2D eigenvalue weighted by Crippen LogP contribution is 2.29. The summed E-state index contributed by atoms with van der Waals surface area (Å²) in [7, 11) is 1.76. The molecular formula is C23H18N6O2. The van der Waals surface area contributed by atoms with E-state index in [1.165, 1.54) is 0 Å². The molecule has 0 fully saturated rings. The molecule has 0 atom stereocenters. The number of nitrogens with one attached hydrogen (secondary N) is 3. The van der Waals surface area contributed by atoms with E-state index >= 15 is 0 Å². The van der Waals surface area contributed by atoms with Crippen LogP contribution < -0.4 is 16.2 Å². The minimum atomic E-state index is -0.267. The van der Waals surface area contributed by atoms with Crippen LogP contribution in [-0.4, -0.2) is 25.7 Å². The van der Waals surface area contributed by atoms with Crippen LogP contribution >= 0.6 is 0 Å². The minimum absolute atomic E-state index is 0.166. The molecule has 0 saturated heterocycles. The number of pyridine rings is 2. The molecule has 0 aliphatic rings. The molecule has 3 N–H and O–H groups in total. The number of aryl methyl sites for hydroxylation is 1. The number of fused-ring (bicyclic) bond motifs is 3. The number of rotatable bonds is 4. The van der Waals surface area contributed by atoms with Crippen LogP contribution in [0.15, 0.2) is 77.9 Å². The van der Waals surface area contributed by atoms with Gasteiger partial charge in [-0.3, -0.25) is 14.3 Å². The number of carbonyl (C=O) groups excluding carboxylic acids is 1. The summed E-state index contributed by atoms with van der Waals surface area (Å²) in [6.07, 6.45) is 3.37. The number of hydrogen-bond donors (Lipinski definition) is 3. The predicted octanol–water partition coefficient (Wildman–Crippen LogP) is 3.81. The third-order valence-corrected chi connectivity index (χ3v) is 4.99. The lowest BCUT2D eigenvalue weighted by Crippen LogP contribution is -2.13. The largest absolute Gasteiger partial charge is 0.355 e. The van der Waals surface area contributed by atoms with E-state index in [4.69, 9.17) is 0 Å². The Bertz CT molecular complexity index is 1480. The van der Waals surface area contributed by atoms with Gasteiger partial charge >= 0.3 is 0 Å². The maximum absolute atomic E-state index is 12.3. The third-order valence-electron chi connectivity index (χ3n) is 4.99. The van der Waals surface area contributed by atoms with Crippen molar-refractivity contribution < 1.29 is 4.79 Å². The second kappa shape index (κ2) is 7.42. The van der Waals surface area contributed by atoms with Crippen LogP contribution in [0.25, 0.3) is 21.8 Å². The van der Waals surface area contributed by atoms with Gasteiger partial charge in [0.2, 0.25) is 0 Å². The average Bonchev–Trinajstić information content (AvgIpc) is 3.22. The Morgan fingerprint density at radius 3 is 2.45 bits per heavy atom. The summed E-state index contributed by atoms with van der Waals surface area (Å²) >= 11 is 0. The van der Waals surface area contributed by atoms with Gasteiger partial charge in [0.1, 0.15) is 5.65 Å². The molecule has 3 heterocycles. The lowest BCUT2D eigenvalue weighted by atomic mass is 10.1. The van der Waals surface area contributed by atoms with Crippen molar-refractivity contribution in [3.8, 4) is 0 Å². The number of H-pyrrole nitrogens is 1. The normalized spacial score (nSPS) is 11.0. The molecule has 8 nitrogen and oxygen atoms in total.